The third kappa shape index (κ3) is 5.38. The molecule has 0 saturated carbocycles. The number of ether oxygens (including phenoxy) is 3. The van der Waals surface area contributed by atoms with E-state index >= 15 is 0 Å². The highest BCUT2D eigenvalue weighted by Gasteiger charge is 2.04. The SMILES string of the molecule is CCOc1ccccc1OCCCC(N)COC. The lowest BCUT2D eigenvalue weighted by atomic mass is 10.2. The Bertz CT molecular complexity index is 331. The number of methoxy groups -OCH3 is 1. The summed E-state index contributed by atoms with van der Waals surface area (Å²) in [5, 5.41) is 0. The van der Waals surface area contributed by atoms with Crippen molar-refractivity contribution < 1.29 is 14.2 Å². The molecule has 0 saturated heterocycles. The molecule has 0 aliphatic rings. The molecule has 1 aromatic rings. The summed E-state index contributed by atoms with van der Waals surface area (Å²) in [4.78, 5) is 0. The highest BCUT2D eigenvalue weighted by Crippen LogP contribution is 2.26. The Hall–Kier alpha value is -1.26. The van der Waals surface area contributed by atoms with Crippen molar-refractivity contribution in [3.63, 3.8) is 0 Å². The maximum Gasteiger partial charge on any atom is 0.161 e. The summed E-state index contributed by atoms with van der Waals surface area (Å²) >= 11 is 0. The van der Waals surface area contributed by atoms with Gasteiger partial charge in [-0.15, -0.1) is 0 Å². The van der Waals surface area contributed by atoms with E-state index in [9.17, 15) is 0 Å². The minimum absolute atomic E-state index is 0.0840. The third-order valence-corrected chi connectivity index (χ3v) is 2.51. The molecule has 18 heavy (non-hydrogen) atoms. The van der Waals surface area contributed by atoms with Crippen LogP contribution in [0.4, 0.5) is 0 Å². The summed E-state index contributed by atoms with van der Waals surface area (Å²) in [7, 11) is 1.66. The predicted octanol–water partition coefficient (Wildman–Crippen LogP) is 2.22. The van der Waals surface area contributed by atoms with Gasteiger partial charge in [-0.2, -0.15) is 0 Å². The van der Waals surface area contributed by atoms with E-state index in [4.69, 9.17) is 19.9 Å². The van der Waals surface area contributed by atoms with Crippen LogP contribution in [0.25, 0.3) is 0 Å². The highest BCUT2D eigenvalue weighted by atomic mass is 16.5. The van der Waals surface area contributed by atoms with E-state index in [-0.39, 0.29) is 6.04 Å². The van der Waals surface area contributed by atoms with Crippen molar-refractivity contribution in [2.24, 2.45) is 5.73 Å². The standard InChI is InChI=1S/C14H23NO3/c1-3-17-13-8-4-5-9-14(13)18-10-6-7-12(15)11-16-2/h4-5,8-9,12H,3,6-7,10-11,15H2,1-2H3. The molecule has 0 aromatic heterocycles. The molecule has 4 heteroatoms. The summed E-state index contributed by atoms with van der Waals surface area (Å²) in [5.74, 6) is 1.58. The molecule has 102 valence electrons. The number of nitrogens with two attached hydrogens (primary N) is 1. The van der Waals surface area contributed by atoms with Gasteiger partial charge in [0.2, 0.25) is 0 Å². The monoisotopic (exact) mass is 253 g/mol. The molecule has 4 nitrogen and oxygen atoms in total. The lowest BCUT2D eigenvalue weighted by Crippen LogP contribution is -2.25. The van der Waals surface area contributed by atoms with Gasteiger partial charge in [-0.1, -0.05) is 12.1 Å². The van der Waals surface area contributed by atoms with Crippen LogP contribution in [0.3, 0.4) is 0 Å². The van der Waals surface area contributed by atoms with Crippen molar-refractivity contribution in [1.29, 1.82) is 0 Å². The lowest BCUT2D eigenvalue weighted by Gasteiger charge is -2.13. The van der Waals surface area contributed by atoms with E-state index in [1.54, 1.807) is 7.11 Å². The van der Waals surface area contributed by atoms with Gasteiger partial charge < -0.3 is 19.9 Å². The molecule has 1 atom stereocenters. The molecular weight excluding hydrogens is 230 g/mol. The Morgan fingerprint density at radius 1 is 1.17 bits per heavy atom. The van der Waals surface area contributed by atoms with Crippen molar-refractivity contribution in [3.05, 3.63) is 24.3 Å². The number of para-hydroxylation sites is 2. The summed E-state index contributed by atoms with van der Waals surface area (Å²) in [6.45, 7) is 3.83. The molecule has 0 bridgehead atoms. The van der Waals surface area contributed by atoms with Crippen LogP contribution in [0, 0.1) is 0 Å². The van der Waals surface area contributed by atoms with Crippen molar-refractivity contribution in [2.45, 2.75) is 25.8 Å². The second kappa shape index (κ2) is 8.78. The summed E-state index contributed by atoms with van der Waals surface area (Å²) in [6, 6.07) is 7.79. The average molecular weight is 253 g/mol. The fourth-order valence-electron chi connectivity index (χ4n) is 1.67. The molecule has 0 radical (unpaired) electrons. The lowest BCUT2D eigenvalue weighted by molar-refractivity contribution is 0.172. The fourth-order valence-corrected chi connectivity index (χ4v) is 1.67. The van der Waals surface area contributed by atoms with Gasteiger partial charge in [0.05, 0.1) is 19.8 Å². The zero-order valence-corrected chi connectivity index (χ0v) is 11.2. The zero-order chi connectivity index (χ0) is 13.2. The van der Waals surface area contributed by atoms with Crippen molar-refractivity contribution in [2.75, 3.05) is 26.9 Å². The Morgan fingerprint density at radius 2 is 1.83 bits per heavy atom. The first-order valence-electron chi connectivity index (χ1n) is 6.37. The summed E-state index contributed by atoms with van der Waals surface area (Å²) in [5.41, 5.74) is 5.84. The molecule has 0 spiro atoms. The summed E-state index contributed by atoms with van der Waals surface area (Å²) < 4.78 is 16.2. The number of benzene rings is 1. The van der Waals surface area contributed by atoms with Gasteiger partial charge in [-0.05, 0) is 31.9 Å². The molecule has 1 aromatic carbocycles. The van der Waals surface area contributed by atoms with Crippen LogP contribution in [-0.4, -0.2) is 33.0 Å². The Balaban J connectivity index is 2.30. The number of rotatable bonds is 9. The van der Waals surface area contributed by atoms with E-state index in [0.29, 0.717) is 19.8 Å². The molecule has 1 unspecified atom stereocenters. The molecule has 0 aliphatic carbocycles. The van der Waals surface area contributed by atoms with Crippen LogP contribution in [0.2, 0.25) is 0 Å². The topological polar surface area (TPSA) is 53.7 Å². The van der Waals surface area contributed by atoms with Gasteiger partial charge in [-0.3, -0.25) is 0 Å². The normalized spacial score (nSPS) is 12.2. The first-order chi connectivity index (χ1) is 8.77. The molecule has 0 heterocycles. The zero-order valence-electron chi connectivity index (χ0n) is 11.2. The molecular formula is C14H23NO3. The van der Waals surface area contributed by atoms with Crippen LogP contribution in [0.15, 0.2) is 24.3 Å². The maximum absolute atomic E-state index is 5.84. The van der Waals surface area contributed by atoms with Crippen LogP contribution in [0.1, 0.15) is 19.8 Å². The van der Waals surface area contributed by atoms with Crippen LogP contribution in [0.5, 0.6) is 11.5 Å². The van der Waals surface area contributed by atoms with E-state index in [1.807, 2.05) is 31.2 Å². The summed E-state index contributed by atoms with van der Waals surface area (Å²) in [6.07, 6.45) is 1.80. The minimum atomic E-state index is 0.0840. The Kier molecular flexibility index (Phi) is 7.22. The van der Waals surface area contributed by atoms with Gasteiger partial charge in [0.1, 0.15) is 0 Å². The Morgan fingerprint density at radius 3 is 2.44 bits per heavy atom. The quantitative estimate of drug-likeness (QED) is 0.686. The van der Waals surface area contributed by atoms with E-state index < -0.39 is 0 Å². The van der Waals surface area contributed by atoms with Crippen LogP contribution in [-0.2, 0) is 4.74 Å². The van der Waals surface area contributed by atoms with Crippen molar-refractivity contribution in [3.8, 4) is 11.5 Å². The number of hydrogen-bond acceptors (Lipinski definition) is 4. The van der Waals surface area contributed by atoms with Crippen LogP contribution < -0.4 is 15.2 Å². The maximum atomic E-state index is 5.84. The molecule has 0 aliphatic heterocycles. The predicted molar refractivity (Wildman–Crippen MR) is 72.2 cm³/mol. The van der Waals surface area contributed by atoms with E-state index in [1.165, 1.54) is 0 Å². The largest absolute Gasteiger partial charge is 0.490 e. The van der Waals surface area contributed by atoms with Gasteiger partial charge in [0, 0.05) is 13.2 Å². The van der Waals surface area contributed by atoms with E-state index in [0.717, 1.165) is 24.3 Å². The second-order valence-electron chi connectivity index (χ2n) is 4.09. The van der Waals surface area contributed by atoms with Gasteiger partial charge in [-0.25, -0.2) is 0 Å². The smallest absolute Gasteiger partial charge is 0.161 e. The van der Waals surface area contributed by atoms with E-state index in [2.05, 4.69) is 0 Å². The molecule has 1 rings (SSSR count). The van der Waals surface area contributed by atoms with Gasteiger partial charge >= 0.3 is 0 Å². The average Bonchev–Trinajstić information content (AvgIpc) is 2.37. The first-order valence-corrected chi connectivity index (χ1v) is 6.37. The van der Waals surface area contributed by atoms with Crippen molar-refractivity contribution >= 4 is 0 Å². The fraction of sp³-hybridized carbons (Fsp3) is 0.571. The minimum Gasteiger partial charge on any atom is -0.490 e. The number of hydrogen-bond donors (Lipinski definition) is 1. The highest BCUT2D eigenvalue weighted by molar-refractivity contribution is 5.39. The Labute approximate surface area is 109 Å². The van der Waals surface area contributed by atoms with Crippen LogP contribution >= 0.6 is 0 Å². The molecule has 0 fully saturated rings. The third-order valence-electron chi connectivity index (χ3n) is 2.51. The van der Waals surface area contributed by atoms with Crippen molar-refractivity contribution in [1.82, 2.24) is 0 Å². The van der Waals surface area contributed by atoms with Gasteiger partial charge in [0.15, 0.2) is 11.5 Å². The first kappa shape index (κ1) is 14.8. The second-order valence-corrected chi connectivity index (χ2v) is 4.09. The molecule has 0 amide bonds. The molecule has 2 N–H and O–H groups in total. The van der Waals surface area contributed by atoms with Gasteiger partial charge in [0.25, 0.3) is 0 Å².